The van der Waals surface area contributed by atoms with Gasteiger partial charge in [0.05, 0.1) is 30.9 Å². The number of carbonyl (C=O) groups is 2. The van der Waals surface area contributed by atoms with E-state index in [2.05, 4.69) is 15.0 Å². The van der Waals surface area contributed by atoms with Crippen molar-refractivity contribution < 1.29 is 31.9 Å². The first kappa shape index (κ1) is 23.4. The van der Waals surface area contributed by atoms with Crippen molar-refractivity contribution in [1.29, 1.82) is 0 Å². The Hall–Kier alpha value is -3.37. The van der Waals surface area contributed by atoms with Crippen LogP contribution in [0.25, 0.3) is 0 Å². The Labute approximate surface area is 199 Å². The lowest BCUT2D eigenvalue weighted by molar-refractivity contribution is -0.275. The number of nitrogens with zero attached hydrogens (tertiary/aromatic N) is 3. The van der Waals surface area contributed by atoms with Crippen LogP contribution < -0.4 is 10.1 Å². The molecule has 5 rings (SSSR count). The molecule has 0 radical (unpaired) electrons. The third kappa shape index (κ3) is 4.76. The SMILES string of the molecule is O=C1NCC2=N[C@@H]3CCCC[C@H]3N(C(=O)CCc3ncco3)[C@H](c3ccccc3OC(F)(F)F)C12. The van der Waals surface area contributed by atoms with Gasteiger partial charge >= 0.3 is 6.36 Å². The summed E-state index contributed by atoms with van der Waals surface area (Å²) in [6.07, 6.45) is 1.43. The molecule has 0 spiro atoms. The number of aliphatic imine (C=N–C) groups is 1. The molecule has 186 valence electrons. The molecular weight excluding hydrogens is 465 g/mol. The minimum absolute atomic E-state index is 0.0339. The second kappa shape index (κ2) is 9.35. The quantitative estimate of drug-likeness (QED) is 0.691. The summed E-state index contributed by atoms with van der Waals surface area (Å²) in [7, 11) is 0. The molecule has 2 aliphatic heterocycles. The number of benzene rings is 1. The number of halogens is 3. The zero-order valence-electron chi connectivity index (χ0n) is 18.8. The summed E-state index contributed by atoms with van der Waals surface area (Å²) in [5.74, 6) is -1.59. The number of aryl methyl sites for hydroxylation is 1. The van der Waals surface area contributed by atoms with Gasteiger partial charge in [0.25, 0.3) is 0 Å². The van der Waals surface area contributed by atoms with Crippen LogP contribution in [-0.4, -0.2) is 52.4 Å². The molecule has 1 unspecified atom stereocenters. The van der Waals surface area contributed by atoms with E-state index in [1.54, 1.807) is 11.0 Å². The number of nitrogens with one attached hydrogen (secondary N) is 1. The summed E-state index contributed by atoms with van der Waals surface area (Å²) in [5.41, 5.74) is 0.706. The molecular formula is C24H25F3N4O4. The number of alkyl halides is 3. The van der Waals surface area contributed by atoms with Gasteiger partial charge in [-0.25, -0.2) is 4.98 Å². The van der Waals surface area contributed by atoms with Crippen LogP contribution in [0.1, 0.15) is 49.6 Å². The van der Waals surface area contributed by atoms with Crippen molar-refractivity contribution >= 4 is 17.5 Å². The van der Waals surface area contributed by atoms with E-state index in [9.17, 15) is 22.8 Å². The number of fused-ring (bicyclic) bond motifs is 2. The molecule has 1 aromatic carbocycles. The van der Waals surface area contributed by atoms with Crippen molar-refractivity contribution in [2.24, 2.45) is 10.9 Å². The number of ether oxygens (including phenoxy) is 1. The zero-order chi connectivity index (χ0) is 24.6. The molecule has 2 amide bonds. The van der Waals surface area contributed by atoms with E-state index in [0.717, 1.165) is 19.3 Å². The highest BCUT2D eigenvalue weighted by Gasteiger charge is 2.50. The smallest absolute Gasteiger partial charge is 0.449 e. The van der Waals surface area contributed by atoms with Crippen LogP contribution >= 0.6 is 0 Å². The van der Waals surface area contributed by atoms with E-state index < -0.39 is 24.1 Å². The van der Waals surface area contributed by atoms with Gasteiger partial charge in [-0.3, -0.25) is 14.6 Å². The number of aromatic nitrogens is 1. The van der Waals surface area contributed by atoms with Crippen molar-refractivity contribution in [1.82, 2.24) is 15.2 Å². The number of carbonyl (C=O) groups excluding carboxylic acids is 2. The van der Waals surface area contributed by atoms with Crippen LogP contribution in [0.3, 0.4) is 0 Å². The summed E-state index contributed by atoms with van der Waals surface area (Å²) >= 11 is 0. The highest BCUT2D eigenvalue weighted by molar-refractivity contribution is 6.12. The molecule has 4 atom stereocenters. The molecule has 11 heteroatoms. The summed E-state index contributed by atoms with van der Waals surface area (Å²) in [4.78, 5) is 37.4. The predicted molar refractivity (Wildman–Crippen MR) is 118 cm³/mol. The highest BCUT2D eigenvalue weighted by atomic mass is 19.4. The summed E-state index contributed by atoms with van der Waals surface area (Å²) in [6.45, 7) is 0.212. The fraction of sp³-hybridized carbons (Fsp3) is 0.500. The summed E-state index contributed by atoms with van der Waals surface area (Å²) < 4.78 is 49.5. The van der Waals surface area contributed by atoms with E-state index in [0.29, 0.717) is 18.0 Å². The lowest BCUT2D eigenvalue weighted by atomic mass is 9.85. The van der Waals surface area contributed by atoms with Crippen LogP contribution in [0.15, 0.2) is 46.1 Å². The standard InChI is InChI=1S/C24H25F3N4O4/c25-24(26,27)35-18-8-4-1-5-14(18)22-21-16(13-29-23(21)33)30-15-6-2-3-7-17(15)31(22)20(32)10-9-19-28-11-12-34-19/h1,4-5,8,11-12,15,17,21-22H,2-3,6-7,9-10,13H2,(H,29,33)/t15-,17-,21?,22-/m1/s1. The molecule has 1 saturated heterocycles. The Morgan fingerprint density at radius 1 is 1.23 bits per heavy atom. The molecule has 35 heavy (non-hydrogen) atoms. The number of rotatable bonds is 5. The monoisotopic (exact) mass is 490 g/mol. The van der Waals surface area contributed by atoms with E-state index in [1.807, 2.05) is 0 Å². The molecule has 1 aliphatic carbocycles. The Morgan fingerprint density at radius 2 is 2.03 bits per heavy atom. The largest absolute Gasteiger partial charge is 0.573 e. The molecule has 3 aliphatic rings. The second-order valence-corrected chi connectivity index (χ2v) is 8.99. The van der Waals surface area contributed by atoms with Crippen LogP contribution in [0.4, 0.5) is 13.2 Å². The van der Waals surface area contributed by atoms with Crippen molar-refractivity contribution in [3.63, 3.8) is 0 Å². The first-order chi connectivity index (χ1) is 16.8. The van der Waals surface area contributed by atoms with Crippen molar-refractivity contribution in [2.45, 2.75) is 63.0 Å². The third-order valence-electron chi connectivity index (χ3n) is 6.87. The van der Waals surface area contributed by atoms with Crippen molar-refractivity contribution in [2.75, 3.05) is 6.54 Å². The van der Waals surface area contributed by atoms with Gasteiger partial charge < -0.3 is 19.4 Å². The van der Waals surface area contributed by atoms with Crippen LogP contribution in [0.2, 0.25) is 0 Å². The first-order valence-electron chi connectivity index (χ1n) is 11.7. The van der Waals surface area contributed by atoms with E-state index in [4.69, 9.17) is 9.41 Å². The van der Waals surface area contributed by atoms with E-state index >= 15 is 0 Å². The number of hydrogen-bond donors (Lipinski definition) is 1. The molecule has 0 bridgehead atoms. The fourth-order valence-electron chi connectivity index (χ4n) is 5.48. The lowest BCUT2D eigenvalue weighted by Crippen LogP contribution is -2.51. The average molecular weight is 490 g/mol. The maximum Gasteiger partial charge on any atom is 0.573 e. The van der Waals surface area contributed by atoms with Gasteiger partial charge in [0, 0.05) is 24.1 Å². The Kier molecular flexibility index (Phi) is 6.24. The van der Waals surface area contributed by atoms with Gasteiger partial charge in [0.1, 0.15) is 17.9 Å². The van der Waals surface area contributed by atoms with Crippen LogP contribution in [-0.2, 0) is 16.0 Å². The molecule has 1 saturated carbocycles. The first-order valence-corrected chi connectivity index (χ1v) is 11.7. The number of para-hydroxylation sites is 1. The van der Waals surface area contributed by atoms with Crippen LogP contribution in [0, 0.1) is 5.92 Å². The Bertz CT molecular complexity index is 1120. The molecule has 1 aromatic heterocycles. The van der Waals surface area contributed by atoms with Crippen molar-refractivity contribution in [3.8, 4) is 5.75 Å². The highest BCUT2D eigenvalue weighted by Crippen LogP contribution is 2.44. The van der Waals surface area contributed by atoms with E-state index in [1.165, 1.54) is 30.7 Å². The van der Waals surface area contributed by atoms with Gasteiger partial charge in [-0.2, -0.15) is 0 Å². The van der Waals surface area contributed by atoms with Crippen molar-refractivity contribution in [3.05, 3.63) is 48.2 Å². The molecule has 1 N–H and O–H groups in total. The predicted octanol–water partition coefficient (Wildman–Crippen LogP) is 3.59. The minimum Gasteiger partial charge on any atom is -0.449 e. The average Bonchev–Trinajstić information content (AvgIpc) is 3.43. The number of amides is 2. The van der Waals surface area contributed by atoms with E-state index in [-0.39, 0.29) is 48.8 Å². The summed E-state index contributed by atoms with van der Waals surface area (Å²) in [5, 5.41) is 2.77. The molecule has 2 fully saturated rings. The number of hydrogen-bond acceptors (Lipinski definition) is 6. The van der Waals surface area contributed by atoms with Crippen LogP contribution in [0.5, 0.6) is 5.75 Å². The lowest BCUT2D eigenvalue weighted by Gasteiger charge is -2.42. The molecule has 3 heterocycles. The van der Waals surface area contributed by atoms with Gasteiger partial charge in [-0.1, -0.05) is 31.0 Å². The Balaban J connectivity index is 1.60. The second-order valence-electron chi connectivity index (χ2n) is 8.99. The van der Waals surface area contributed by atoms with Gasteiger partial charge in [-0.15, -0.1) is 13.2 Å². The summed E-state index contributed by atoms with van der Waals surface area (Å²) in [6, 6.07) is 4.18. The third-order valence-corrected chi connectivity index (χ3v) is 6.87. The zero-order valence-corrected chi connectivity index (χ0v) is 18.8. The number of oxazole rings is 1. The Morgan fingerprint density at radius 3 is 2.80 bits per heavy atom. The van der Waals surface area contributed by atoms with Gasteiger partial charge in [0.2, 0.25) is 11.8 Å². The maximum atomic E-state index is 13.8. The topological polar surface area (TPSA) is 97.0 Å². The molecule has 2 aromatic rings. The fourth-order valence-corrected chi connectivity index (χ4v) is 5.48. The molecule has 8 nitrogen and oxygen atoms in total. The van der Waals surface area contributed by atoms with Gasteiger partial charge in [0.15, 0.2) is 5.89 Å². The maximum absolute atomic E-state index is 13.8. The van der Waals surface area contributed by atoms with Gasteiger partial charge in [-0.05, 0) is 18.9 Å². The normalized spacial score (nSPS) is 26.3. The minimum atomic E-state index is -4.93.